The molecule has 6 nitrogen and oxygen atoms in total. The Bertz CT molecular complexity index is 331. The predicted octanol–water partition coefficient (Wildman–Crippen LogP) is 1.82. The summed E-state index contributed by atoms with van der Waals surface area (Å²) >= 11 is 1.68. The average molecular weight is 274 g/mol. The molecule has 104 valence electrons. The molecule has 7 heteroatoms. The third-order valence-corrected chi connectivity index (χ3v) is 3.91. The number of nitrogens with zero attached hydrogens (tertiary/aromatic N) is 4. The highest BCUT2D eigenvalue weighted by Crippen LogP contribution is 2.20. The van der Waals surface area contributed by atoms with Crippen molar-refractivity contribution in [3.05, 3.63) is 0 Å². The first-order valence-corrected chi connectivity index (χ1v) is 7.14. The van der Waals surface area contributed by atoms with E-state index in [1.54, 1.807) is 30.7 Å². The lowest BCUT2D eigenvalue weighted by atomic mass is 10.1. The summed E-state index contributed by atoms with van der Waals surface area (Å²) in [5.41, 5.74) is 0. The number of rotatable bonds is 9. The molecule has 0 amide bonds. The Morgan fingerprint density at radius 2 is 2.06 bits per heavy atom. The molecule has 1 aromatic rings. The van der Waals surface area contributed by atoms with Gasteiger partial charge in [-0.05, 0) is 16.3 Å². The van der Waals surface area contributed by atoms with Gasteiger partial charge in [0.05, 0.1) is 6.54 Å². The molecule has 0 spiro atoms. The highest BCUT2D eigenvalue weighted by molar-refractivity contribution is 7.99. The van der Waals surface area contributed by atoms with Crippen LogP contribution in [0, 0.1) is 5.92 Å². The van der Waals surface area contributed by atoms with Crippen molar-refractivity contribution in [3.8, 4) is 0 Å². The molecule has 0 aliphatic rings. The summed E-state index contributed by atoms with van der Waals surface area (Å²) in [4.78, 5) is 0. The van der Waals surface area contributed by atoms with Crippen molar-refractivity contribution in [1.29, 1.82) is 0 Å². The molecule has 0 aliphatic carbocycles. The van der Waals surface area contributed by atoms with Gasteiger partial charge in [-0.3, -0.25) is 0 Å². The van der Waals surface area contributed by atoms with Crippen molar-refractivity contribution in [2.45, 2.75) is 44.7 Å². The minimum atomic E-state index is -0.319. The fourth-order valence-corrected chi connectivity index (χ4v) is 2.55. The first-order chi connectivity index (χ1) is 8.71. The van der Waals surface area contributed by atoms with Crippen LogP contribution in [-0.4, -0.2) is 46.5 Å². The standard InChI is InChI=1S/C11H22N4O2S/c1-5-6-9(2)8-18-11-12-13-14-15(11)7-10(16-3)17-4/h9-10H,5-8H2,1-4H3. The van der Waals surface area contributed by atoms with Crippen molar-refractivity contribution in [2.75, 3.05) is 20.0 Å². The summed E-state index contributed by atoms with van der Waals surface area (Å²) in [7, 11) is 3.21. The van der Waals surface area contributed by atoms with E-state index in [-0.39, 0.29) is 6.29 Å². The first kappa shape index (κ1) is 15.4. The van der Waals surface area contributed by atoms with Crippen LogP contribution in [0.1, 0.15) is 26.7 Å². The Morgan fingerprint density at radius 3 is 2.67 bits per heavy atom. The third-order valence-electron chi connectivity index (χ3n) is 2.63. The van der Waals surface area contributed by atoms with Gasteiger partial charge in [0, 0.05) is 20.0 Å². The molecule has 1 rings (SSSR count). The van der Waals surface area contributed by atoms with Crippen LogP contribution in [0.25, 0.3) is 0 Å². The lowest BCUT2D eigenvalue weighted by Crippen LogP contribution is -2.22. The Balaban J connectivity index is 2.49. The van der Waals surface area contributed by atoms with E-state index in [2.05, 4.69) is 29.4 Å². The molecular weight excluding hydrogens is 252 g/mol. The highest BCUT2D eigenvalue weighted by Gasteiger charge is 2.13. The maximum Gasteiger partial charge on any atom is 0.209 e. The quantitative estimate of drug-likeness (QED) is 0.505. The normalized spacial score (nSPS) is 13.2. The molecule has 0 aromatic carbocycles. The second-order valence-electron chi connectivity index (χ2n) is 4.25. The lowest BCUT2D eigenvalue weighted by Gasteiger charge is -2.14. The fraction of sp³-hybridized carbons (Fsp3) is 0.909. The highest BCUT2D eigenvalue weighted by atomic mass is 32.2. The number of hydrogen-bond acceptors (Lipinski definition) is 6. The van der Waals surface area contributed by atoms with E-state index in [4.69, 9.17) is 9.47 Å². The zero-order chi connectivity index (χ0) is 13.4. The first-order valence-electron chi connectivity index (χ1n) is 6.15. The monoisotopic (exact) mass is 274 g/mol. The zero-order valence-electron chi connectivity index (χ0n) is 11.5. The molecule has 18 heavy (non-hydrogen) atoms. The van der Waals surface area contributed by atoms with Crippen LogP contribution in [0.2, 0.25) is 0 Å². The number of thioether (sulfide) groups is 1. The third kappa shape index (κ3) is 4.91. The molecule has 1 heterocycles. The smallest absolute Gasteiger partial charge is 0.209 e. The zero-order valence-corrected chi connectivity index (χ0v) is 12.3. The van der Waals surface area contributed by atoms with E-state index in [1.165, 1.54) is 12.8 Å². The Labute approximate surface area is 112 Å². The van der Waals surface area contributed by atoms with E-state index < -0.39 is 0 Å². The minimum absolute atomic E-state index is 0.319. The number of aromatic nitrogens is 4. The van der Waals surface area contributed by atoms with Gasteiger partial charge >= 0.3 is 0 Å². The molecule has 0 saturated carbocycles. The van der Waals surface area contributed by atoms with E-state index in [0.717, 1.165) is 10.9 Å². The molecule has 0 saturated heterocycles. The van der Waals surface area contributed by atoms with Crippen molar-refractivity contribution in [1.82, 2.24) is 20.2 Å². The summed E-state index contributed by atoms with van der Waals surface area (Å²) in [5.74, 6) is 1.70. The Hall–Kier alpha value is -0.660. The molecule has 1 aromatic heterocycles. The molecular formula is C11H22N4O2S. The SMILES string of the molecule is CCCC(C)CSc1nnnn1CC(OC)OC. The average Bonchev–Trinajstić information content (AvgIpc) is 2.81. The summed E-state index contributed by atoms with van der Waals surface area (Å²) in [6.45, 7) is 4.95. The van der Waals surface area contributed by atoms with Crippen molar-refractivity contribution >= 4 is 11.8 Å². The van der Waals surface area contributed by atoms with Crippen LogP contribution < -0.4 is 0 Å². The summed E-state index contributed by atoms with van der Waals surface area (Å²) in [6, 6.07) is 0. The van der Waals surface area contributed by atoms with Crippen LogP contribution >= 0.6 is 11.8 Å². The number of methoxy groups -OCH3 is 2. The predicted molar refractivity (Wildman–Crippen MR) is 70.4 cm³/mol. The Morgan fingerprint density at radius 1 is 1.33 bits per heavy atom. The van der Waals surface area contributed by atoms with Crippen LogP contribution in [0.5, 0.6) is 0 Å². The molecule has 0 fully saturated rings. The van der Waals surface area contributed by atoms with Crippen molar-refractivity contribution < 1.29 is 9.47 Å². The van der Waals surface area contributed by atoms with E-state index in [1.807, 2.05) is 0 Å². The number of hydrogen-bond donors (Lipinski definition) is 0. The molecule has 0 N–H and O–H groups in total. The van der Waals surface area contributed by atoms with Gasteiger partial charge < -0.3 is 9.47 Å². The topological polar surface area (TPSA) is 62.1 Å². The van der Waals surface area contributed by atoms with Crippen LogP contribution in [0.3, 0.4) is 0 Å². The van der Waals surface area contributed by atoms with Gasteiger partial charge in [0.1, 0.15) is 0 Å². The Kier molecular flexibility index (Phi) is 7.22. The van der Waals surface area contributed by atoms with Gasteiger partial charge in [-0.1, -0.05) is 38.5 Å². The number of ether oxygens (including phenoxy) is 2. The van der Waals surface area contributed by atoms with Crippen molar-refractivity contribution in [2.24, 2.45) is 5.92 Å². The van der Waals surface area contributed by atoms with Gasteiger partial charge in [0.25, 0.3) is 0 Å². The molecule has 1 atom stereocenters. The van der Waals surface area contributed by atoms with Crippen LogP contribution in [0.4, 0.5) is 0 Å². The van der Waals surface area contributed by atoms with Gasteiger partial charge in [-0.2, -0.15) is 0 Å². The van der Waals surface area contributed by atoms with Crippen LogP contribution in [-0.2, 0) is 16.0 Å². The van der Waals surface area contributed by atoms with Crippen LogP contribution in [0.15, 0.2) is 5.16 Å². The summed E-state index contributed by atoms with van der Waals surface area (Å²) < 4.78 is 12.0. The van der Waals surface area contributed by atoms with Gasteiger partial charge in [-0.15, -0.1) is 5.10 Å². The lowest BCUT2D eigenvalue weighted by molar-refractivity contribution is -0.113. The largest absolute Gasteiger partial charge is 0.354 e. The summed E-state index contributed by atoms with van der Waals surface area (Å²) in [6.07, 6.45) is 2.12. The maximum absolute atomic E-state index is 5.14. The second kappa shape index (κ2) is 8.44. The second-order valence-corrected chi connectivity index (χ2v) is 5.24. The fourth-order valence-electron chi connectivity index (χ4n) is 1.59. The number of tetrazole rings is 1. The van der Waals surface area contributed by atoms with Gasteiger partial charge in [-0.25, -0.2) is 4.68 Å². The van der Waals surface area contributed by atoms with Gasteiger partial charge in [0.15, 0.2) is 6.29 Å². The maximum atomic E-state index is 5.14. The van der Waals surface area contributed by atoms with Crippen molar-refractivity contribution in [3.63, 3.8) is 0 Å². The van der Waals surface area contributed by atoms with Gasteiger partial charge in [0.2, 0.25) is 5.16 Å². The van der Waals surface area contributed by atoms with E-state index in [9.17, 15) is 0 Å². The molecule has 0 bridgehead atoms. The van der Waals surface area contributed by atoms with E-state index >= 15 is 0 Å². The molecule has 1 unspecified atom stereocenters. The molecule has 0 aliphatic heterocycles. The van der Waals surface area contributed by atoms with E-state index in [0.29, 0.717) is 12.5 Å². The molecule has 0 radical (unpaired) electrons. The summed E-state index contributed by atoms with van der Waals surface area (Å²) in [5, 5.41) is 12.5. The minimum Gasteiger partial charge on any atom is -0.354 e.